The van der Waals surface area contributed by atoms with Gasteiger partial charge in [-0.1, -0.05) is 0 Å². The number of hydrogen-bond donors (Lipinski definition) is 1. The second-order valence-corrected chi connectivity index (χ2v) is 8.96. The van der Waals surface area contributed by atoms with Crippen molar-refractivity contribution in [2.75, 3.05) is 20.6 Å². The number of halogens is 1. The monoisotopic (exact) mass is 437 g/mol. The minimum atomic E-state index is 0.820. The Hall–Kier alpha value is -1.34. The first kappa shape index (κ1) is 19.4. The maximum atomic E-state index is 4.83. The Kier molecular flexibility index (Phi) is 6.75. The SMILES string of the molecule is CN=C(NCCCc1nc2c(s1)CCCC2)N(C)Cc1cc(Br)cn1C. The van der Waals surface area contributed by atoms with Crippen LogP contribution in [0.15, 0.2) is 21.7 Å². The first-order valence-corrected chi connectivity index (χ1v) is 10.9. The van der Waals surface area contributed by atoms with E-state index in [9.17, 15) is 0 Å². The lowest BCUT2D eigenvalue weighted by molar-refractivity contribution is 0.461. The first-order valence-electron chi connectivity index (χ1n) is 9.27. The average Bonchev–Trinajstić information content (AvgIpc) is 3.17. The third-order valence-electron chi connectivity index (χ3n) is 4.79. The highest BCUT2D eigenvalue weighted by molar-refractivity contribution is 9.10. The summed E-state index contributed by atoms with van der Waals surface area (Å²) < 4.78 is 3.25. The lowest BCUT2D eigenvalue weighted by Gasteiger charge is -2.22. The van der Waals surface area contributed by atoms with Crippen molar-refractivity contribution in [1.82, 2.24) is 19.8 Å². The Labute approximate surface area is 168 Å². The van der Waals surface area contributed by atoms with Crippen LogP contribution < -0.4 is 5.32 Å². The summed E-state index contributed by atoms with van der Waals surface area (Å²) in [6.07, 6.45) is 9.25. The number of guanidine groups is 1. The molecule has 7 heteroatoms. The molecule has 1 aliphatic carbocycles. The highest BCUT2D eigenvalue weighted by atomic mass is 79.9. The molecule has 0 radical (unpaired) electrons. The van der Waals surface area contributed by atoms with Gasteiger partial charge in [-0.15, -0.1) is 11.3 Å². The van der Waals surface area contributed by atoms with Gasteiger partial charge in [-0.25, -0.2) is 4.98 Å². The van der Waals surface area contributed by atoms with E-state index in [2.05, 4.69) is 62.1 Å². The molecule has 0 amide bonds. The summed E-state index contributed by atoms with van der Waals surface area (Å²) in [5.41, 5.74) is 2.61. The number of nitrogens with one attached hydrogen (secondary N) is 1. The van der Waals surface area contributed by atoms with Crippen LogP contribution >= 0.6 is 27.3 Å². The van der Waals surface area contributed by atoms with Gasteiger partial charge in [-0.05, 0) is 54.1 Å². The van der Waals surface area contributed by atoms with Gasteiger partial charge in [0.05, 0.1) is 17.2 Å². The molecular formula is C19H28BrN5S. The molecule has 0 saturated heterocycles. The van der Waals surface area contributed by atoms with Crippen LogP contribution in [0.3, 0.4) is 0 Å². The van der Waals surface area contributed by atoms with Crippen LogP contribution in [0.2, 0.25) is 0 Å². The van der Waals surface area contributed by atoms with E-state index in [0.717, 1.165) is 36.4 Å². The molecule has 0 unspecified atom stereocenters. The third kappa shape index (κ3) is 4.88. The summed E-state index contributed by atoms with van der Waals surface area (Å²) in [5.74, 6) is 0.931. The highest BCUT2D eigenvalue weighted by Crippen LogP contribution is 2.27. The number of nitrogens with zero attached hydrogens (tertiary/aromatic N) is 4. The van der Waals surface area contributed by atoms with E-state index in [1.165, 1.54) is 47.0 Å². The number of hydrogen-bond acceptors (Lipinski definition) is 3. The quantitative estimate of drug-likeness (QED) is 0.424. The summed E-state index contributed by atoms with van der Waals surface area (Å²) in [6.45, 7) is 1.74. The van der Waals surface area contributed by atoms with Gasteiger partial charge in [0, 0.05) is 55.3 Å². The maximum Gasteiger partial charge on any atom is 0.193 e. The molecule has 0 aliphatic heterocycles. The molecule has 142 valence electrons. The molecule has 1 aliphatic rings. The van der Waals surface area contributed by atoms with Crippen LogP contribution in [0.5, 0.6) is 0 Å². The van der Waals surface area contributed by atoms with Crippen molar-refractivity contribution in [2.45, 2.75) is 45.1 Å². The summed E-state index contributed by atoms with van der Waals surface area (Å²) in [5, 5.41) is 4.78. The molecule has 0 atom stereocenters. The molecule has 0 fully saturated rings. The van der Waals surface area contributed by atoms with Gasteiger partial charge in [0.1, 0.15) is 0 Å². The van der Waals surface area contributed by atoms with Gasteiger partial charge in [-0.2, -0.15) is 0 Å². The smallest absolute Gasteiger partial charge is 0.193 e. The molecule has 0 spiro atoms. The lowest BCUT2D eigenvalue weighted by atomic mass is 10.0. The van der Waals surface area contributed by atoms with Crippen molar-refractivity contribution < 1.29 is 0 Å². The van der Waals surface area contributed by atoms with Crippen molar-refractivity contribution in [3.05, 3.63) is 38.0 Å². The van der Waals surface area contributed by atoms with Crippen LogP contribution in [0.1, 0.15) is 40.5 Å². The van der Waals surface area contributed by atoms with Crippen LogP contribution in [-0.2, 0) is 32.9 Å². The van der Waals surface area contributed by atoms with E-state index < -0.39 is 0 Å². The Bertz CT molecular complexity index is 741. The van der Waals surface area contributed by atoms with Crippen molar-refractivity contribution >= 4 is 33.2 Å². The zero-order valence-electron chi connectivity index (χ0n) is 15.9. The highest BCUT2D eigenvalue weighted by Gasteiger charge is 2.15. The molecular weight excluding hydrogens is 410 g/mol. The molecule has 3 rings (SSSR count). The third-order valence-corrected chi connectivity index (χ3v) is 6.44. The predicted octanol–water partition coefficient (Wildman–Crippen LogP) is 3.76. The van der Waals surface area contributed by atoms with Crippen molar-refractivity contribution in [3.63, 3.8) is 0 Å². The number of aryl methyl sites for hydroxylation is 4. The van der Waals surface area contributed by atoms with Crippen LogP contribution in [0.25, 0.3) is 0 Å². The fourth-order valence-corrected chi connectivity index (χ4v) is 5.15. The molecule has 26 heavy (non-hydrogen) atoms. The molecule has 0 bridgehead atoms. The topological polar surface area (TPSA) is 45.5 Å². The minimum absolute atomic E-state index is 0.820. The van der Waals surface area contributed by atoms with Gasteiger partial charge in [-0.3, -0.25) is 4.99 Å². The van der Waals surface area contributed by atoms with E-state index in [1.54, 1.807) is 0 Å². The lowest BCUT2D eigenvalue weighted by Crippen LogP contribution is -2.39. The van der Waals surface area contributed by atoms with E-state index in [4.69, 9.17) is 4.98 Å². The number of rotatable bonds is 6. The Balaban J connectivity index is 1.45. The molecule has 0 saturated carbocycles. The summed E-state index contributed by atoms with van der Waals surface area (Å²) in [6, 6.07) is 2.15. The minimum Gasteiger partial charge on any atom is -0.356 e. The Morgan fingerprint density at radius 1 is 1.42 bits per heavy atom. The summed E-state index contributed by atoms with van der Waals surface area (Å²) in [7, 11) is 5.98. The summed E-state index contributed by atoms with van der Waals surface area (Å²) in [4.78, 5) is 12.9. The predicted molar refractivity (Wildman–Crippen MR) is 113 cm³/mol. The van der Waals surface area contributed by atoms with Gasteiger partial charge in [0.25, 0.3) is 0 Å². The van der Waals surface area contributed by atoms with Crippen LogP contribution in [0, 0.1) is 0 Å². The fraction of sp³-hybridized carbons (Fsp3) is 0.579. The molecule has 2 aromatic heterocycles. The second-order valence-electron chi connectivity index (χ2n) is 6.88. The largest absolute Gasteiger partial charge is 0.356 e. The molecule has 5 nitrogen and oxygen atoms in total. The van der Waals surface area contributed by atoms with E-state index in [-0.39, 0.29) is 0 Å². The fourth-order valence-electron chi connectivity index (χ4n) is 3.38. The Morgan fingerprint density at radius 3 is 2.92 bits per heavy atom. The standard InChI is InChI=1S/C19H28BrN5S/c1-21-19(25(3)13-15-11-14(20)12-24(15)2)22-10-6-9-18-23-16-7-4-5-8-17(16)26-18/h11-12H,4-10,13H2,1-3H3,(H,21,22). The van der Waals surface area contributed by atoms with E-state index >= 15 is 0 Å². The summed E-state index contributed by atoms with van der Waals surface area (Å²) >= 11 is 5.46. The van der Waals surface area contributed by atoms with Gasteiger partial charge >= 0.3 is 0 Å². The zero-order chi connectivity index (χ0) is 18.5. The molecule has 2 heterocycles. The molecule has 1 N–H and O–H groups in total. The van der Waals surface area contributed by atoms with Gasteiger partial charge in [0.2, 0.25) is 0 Å². The van der Waals surface area contributed by atoms with E-state index in [0.29, 0.717) is 0 Å². The number of thiazole rings is 1. The second kappa shape index (κ2) is 9.04. The Morgan fingerprint density at radius 2 is 2.23 bits per heavy atom. The normalized spacial score (nSPS) is 14.4. The van der Waals surface area contributed by atoms with Crippen molar-refractivity contribution in [3.8, 4) is 0 Å². The zero-order valence-corrected chi connectivity index (χ0v) is 18.3. The number of aliphatic imine (C=N–C) groups is 1. The van der Waals surface area contributed by atoms with Gasteiger partial charge < -0.3 is 14.8 Å². The van der Waals surface area contributed by atoms with Crippen molar-refractivity contribution in [2.24, 2.45) is 12.0 Å². The van der Waals surface area contributed by atoms with Crippen LogP contribution in [0.4, 0.5) is 0 Å². The van der Waals surface area contributed by atoms with Crippen LogP contribution in [-0.4, -0.2) is 41.1 Å². The van der Waals surface area contributed by atoms with Crippen molar-refractivity contribution in [1.29, 1.82) is 0 Å². The number of aromatic nitrogens is 2. The molecule has 2 aromatic rings. The average molecular weight is 438 g/mol. The molecule has 0 aromatic carbocycles. The van der Waals surface area contributed by atoms with E-state index in [1.807, 2.05) is 18.4 Å². The van der Waals surface area contributed by atoms with Gasteiger partial charge in [0.15, 0.2) is 5.96 Å². The first-order chi connectivity index (χ1) is 12.6. The number of fused-ring (bicyclic) bond motifs is 1. The maximum absolute atomic E-state index is 4.83.